The van der Waals surface area contributed by atoms with Gasteiger partial charge in [0.2, 0.25) is 0 Å². The van der Waals surface area contributed by atoms with E-state index < -0.39 is 5.97 Å². The van der Waals surface area contributed by atoms with Crippen molar-refractivity contribution in [3.63, 3.8) is 0 Å². The van der Waals surface area contributed by atoms with Gasteiger partial charge in [-0.3, -0.25) is 4.79 Å². The molecule has 0 fully saturated rings. The van der Waals surface area contributed by atoms with Crippen molar-refractivity contribution >= 4 is 5.97 Å². The van der Waals surface area contributed by atoms with Crippen molar-refractivity contribution in [2.75, 3.05) is 0 Å². The Balaban J connectivity index is 0.000000183. The third-order valence-corrected chi connectivity index (χ3v) is 1.37. The lowest BCUT2D eigenvalue weighted by Gasteiger charge is -1.79. The Morgan fingerprint density at radius 3 is 2.09 bits per heavy atom. The van der Waals surface area contributed by atoms with Crippen molar-refractivity contribution in [3.05, 3.63) is 12.2 Å². The first kappa shape index (κ1) is 10.2. The van der Waals surface area contributed by atoms with Gasteiger partial charge in [-0.25, -0.2) is 0 Å². The molecule has 0 aromatic carbocycles. The van der Waals surface area contributed by atoms with Gasteiger partial charge in [0, 0.05) is 6.42 Å². The minimum atomic E-state index is -0.711. The molecule has 0 aliphatic heterocycles. The van der Waals surface area contributed by atoms with Crippen molar-refractivity contribution in [2.24, 2.45) is 0 Å². The summed E-state index contributed by atoms with van der Waals surface area (Å²) in [5.41, 5.74) is 0. The molecule has 0 spiro atoms. The van der Waals surface area contributed by atoms with Crippen LogP contribution in [0.1, 0.15) is 39.0 Å². The summed E-state index contributed by atoms with van der Waals surface area (Å²) in [4.78, 5) is 9.60. The first-order chi connectivity index (χ1) is 5.27. The Hall–Kier alpha value is -0.790. The molecule has 0 amide bonds. The van der Waals surface area contributed by atoms with E-state index in [4.69, 9.17) is 5.11 Å². The van der Waals surface area contributed by atoms with Crippen LogP contribution in [0.3, 0.4) is 0 Å². The molecule has 2 nitrogen and oxygen atoms in total. The van der Waals surface area contributed by atoms with Crippen molar-refractivity contribution in [1.29, 1.82) is 0 Å². The number of hydrogen-bond donors (Lipinski definition) is 1. The SMILES string of the molecule is C1=CCCC1.CCCC(=O)O. The number of carboxylic acids is 1. The average Bonchev–Trinajstić information content (AvgIpc) is 2.41. The number of allylic oxidation sites excluding steroid dienone is 2. The molecule has 1 aliphatic rings. The van der Waals surface area contributed by atoms with Crippen molar-refractivity contribution < 1.29 is 9.90 Å². The lowest BCUT2D eigenvalue weighted by molar-refractivity contribution is -0.137. The normalized spacial score (nSPS) is 13.9. The van der Waals surface area contributed by atoms with Gasteiger partial charge in [0.1, 0.15) is 0 Å². The summed E-state index contributed by atoms with van der Waals surface area (Å²) in [5, 5.41) is 7.91. The monoisotopic (exact) mass is 156 g/mol. The quantitative estimate of drug-likeness (QED) is 0.624. The molecule has 0 radical (unpaired) electrons. The zero-order valence-corrected chi connectivity index (χ0v) is 7.05. The van der Waals surface area contributed by atoms with Gasteiger partial charge >= 0.3 is 5.97 Å². The zero-order chi connectivity index (χ0) is 8.53. The van der Waals surface area contributed by atoms with E-state index in [2.05, 4.69) is 12.2 Å². The number of carbonyl (C=O) groups is 1. The van der Waals surface area contributed by atoms with E-state index in [1.54, 1.807) is 0 Å². The molecule has 1 N–H and O–H groups in total. The predicted molar refractivity (Wildman–Crippen MR) is 45.5 cm³/mol. The topological polar surface area (TPSA) is 37.3 Å². The Labute approximate surface area is 67.9 Å². The van der Waals surface area contributed by atoms with Gasteiger partial charge in [-0.2, -0.15) is 0 Å². The van der Waals surface area contributed by atoms with Crippen LogP contribution in [0.15, 0.2) is 12.2 Å². The van der Waals surface area contributed by atoms with Gasteiger partial charge in [0.25, 0.3) is 0 Å². The van der Waals surface area contributed by atoms with Gasteiger partial charge in [-0.1, -0.05) is 19.1 Å². The summed E-state index contributed by atoms with van der Waals surface area (Å²) in [6.07, 6.45) is 9.52. The first-order valence-corrected chi connectivity index (χ1v) is 4.14. The molecule has 1 rings (SSSR count). The van der Waals surface area contributed by atoms with E-state index in [0.29, 0.717) is 6.42 Å². The minimum Gasteiger partial charge on any atom is -0.481 e. The maximum Gasteiger partial charge on any atom is 0.303 e. The molecular weight excluding hydrogens is 140 g/mol. The first-order valence-electron chi connectivity index (χ1n) is 4.14. The fourth-order valence-electron chi connectivity index (χ4n) is 0.803. The van der Waals surface area contributed by atoms with Crippen LogP contribution in [0, 0.1) is 0 Å². The van der Waals surface area contributed by atoms with E-state index in [1.807, 2.05) is 6.92 Å². The summed E-state index contributed by atoms with van der Waals surface area (Å²) in [7, 11) is 0. The van der Waals surface area contributed by atoms with E-state index in [9.17, 15) is 4.79 Å². The summed E-state index contributed by atoms with van der Waals surface area (Å²) in [6, 6.07) is 0. The third kappa shape index (κ3) is 9.21. The van der Waals surface area contributed by atoms with Gasteiger partial charge in [-0.15, -0.1) is 0 Å². The summed E-state index contributed by atoms with van der Waals surface area (Å²) in [6.45, 7) is 1.84. The van der Waals surface area contributed by atoms with E-state index in [1.165, 1.54) is 19.3 Å². The molecule has 0 saturated heterocycles. The van der Waals surface area contributed by atoms with Crippen LogP contribution in [0.2, 0.25) is 0 Å². The lowest BCUT2D eigenvalue weighted by Crippen LogP contribution is -1.90. The fourth-order valence-corrected chi connectivity index (χ4v) is 0.803. The standard InChI is InChI=1S/C5H8.C4H8O2/c1-2-4-5-3-1;1-2-3-4(5)6/h1-2H,3-5H2;2-3H2,1H3,(H,5,6). The molecule has 0 bridgehead atoms. The predicted octanol–water partition coefficient (Wildman–Crippen LogP) is 2.60. The molecule has 11 heavy (non-hydrogen) atoms. The average molecular weight is 156 g/mol. The van der Waals surface area contributed by atoms with Crippen LogP contribution in [-0.2, 0) is 4.79 Å². The highest BCUT2D eigenvalue weighted by molar-refractivity contribution is 5.66. The van der Waals surface area contributed by atoms with Crippen molar-refractivity contribution in [1.82, 2.24) is 0 Å². The van der Waals surface area contributed by atoms with Crippen LogP contribution in [0.4, 0.5) is 0 Å². The highest BCUT2D eigenvalue weighted by Crippen LogP contribution is 2.05. The van der Waals surface area contributed by atoms with E-state index >= 15 is 0 Å². The second kappa shape index (κ2) is 7.32. The second-order valence-corrected chi connectivity index (χ2v) is 2.55. The maximum atomic E-state index is 9.60. The number of hydrogen-bond acceptors (Lipinski definition) is 1. The second-order valence-electron chi connectivity index (χ2n) is 2.55. The summed E-state index contributed by atoms with van der Waals surface area (Å²) >= 11 is 0. The summed E-state index contributed by atoms with van der Waals surface area (Å²) in [5.74, 6) is -0.711. The molecule has 1 aliphatic carbocycles. The Kier molecular flexibility index (Phi) is 6.79. The Morgan fingerprint density at radius 1 is 1.45 bits per heavy atom. The molecule has 64 valence electrons. The van der Waals surface area contributed by atoms with Crippen LogP contribution < -0.4 is 0 Å². The van der Waals surface area contributed by atoms with E-state index in [-0.39, 0.29) is 0 Å². The van der Waals surface area contributed by atoms with Crippen LogP contribution in [0.25, 0.3) is 0 Å². The van der Waals surface area contributed by atoms with Crippen LogP contribution in [0.5, 0.6) is 0 Å². The molecule has 0 aromatic heterocycles. The molecule has 0 saturated carbocycles. The third-order valence-electron chi connectivity index (χ3n) is 1.37. The Bertz CT molecular complexity index is 122. The summed E-state index contributed by atoms with van der Waals surface area (Å²) < 4.78 is 0. The highest BCUT2D eigenvalue weighted by atomic mass is 16.4. The fraction of sp³-hybridized carbons (Fsp3) is 0.667. The molecule has 0 heterocycles. The van der Waals surface area contributed by atoms with Crippen molar-refractivity contribution in [3.8, 4) is 0 Å². The molecule has 2 heteroatoms. The zero-order valence-electron chi connectivity index (χ0n) is 7.05. The number of carboxylic acid groups (broad SMARTS) is 1. The van der Waals surface area contributed by atoms with E-state index in [0.717, 1.165) is 6.42 Å². The molecule has 0 unspecified atom stereocenters. The molecular formula is C9H16O2. The van der Waals surface area contributed by atoms with Gasteiger partial charge < -0.3 is 5.11 Å². The van der Waals surface area contributed by atoms with Gasteiger partial charge in [-0.05, 0) is 25.7 Å². The highest BCUT2D eigenvalue weighted by Gasteiger charge is 1.87. The maximum absolute atomic E-state index is 9.60. The van der Waals surface area contributed by atoms with Gasteiger partial charge in [0.05, 0.1) is 0 Å². The minimum absolute atomic E-state index is 0.292. The van der Waals surface area contributed by atoms with Gasteiger partial charge in [0.15, 0.2) is 0 Å². The number of aliphatic carboxylic acids is 1. The molecule has 0 atom stereocenters. The smallest absolute Gasteiger partial charge is 0.303 e. The molecule has 0 aromatic rings. The number of rotatable bonds is 2. The van der Waals surface area contributed by atoms with Crippen LogP contribution in [-0.4, -0.2) is 11.1 Å². The van der Waals surface area contributed by atoms with Crippen molar-refractivity contribution in [2.45, 2.75) is 39.0 Å². The lowest BCUT2D eigenvalue weighted by atomic mass is 10.4. The largest absolute Gasteiger partial charge is 0.481 e. The Morgan fingerprint density at radius 2 is 2.00 bits per heavy atom. The van der Waals surface area contributed by atoms with Crippen LogP contribution >= 0.6 is 0 Å².